The van der Waals surface area contributed by atoms with Gasteiger partial charge < -0.3 is 5.32 Å². The molecule has 0 fully saturated rings. The molecular weight excluding hydrogens is 162 g/mol. The highest BCUT2D eigenvalue weighted by Gasteiger charge is 1.89. The molecule has 0 aromatic heterocycles. The van der Waals surface area contributed by atoms with E-state index in [4.69, 9.17) is 0 Å². The Kier molecular flexibility index (Phi) is 3.26. The average molecular weight is 175 g/mol. The van der Waals surface area contributed by atoms with Crippen molar-refractivity contribution in [3.63, 3.8) is 0 Å². The minimum absolute atomic E-state index is 0.0828. The Labute approximate surface area is 78.3 Å². The molecule has 1 aromatic rings. The van der Waals surface area contributed by atoms with Gasteiger partial charge >= 0.3 is 0 Å². The van der Waals surface area contributed by atoms with E-state index in [1.807, 2.05) is 31.2 Å². The Morgan fingerprint density at radius 2 is 1.92 bits per heavy atom. The molecule has 0 atom stereocenters. The van der Waals surface area contributed by atoms with Crippen LogP contribution in [0.15, 0.2) is 30.3 Å². The number of nitrogens with one attached hydrogen (secondary N) is 1. The molecule has 0 saturated heterocycles. The standard InChI is InChI=1S/C11H13NO/c1-9-3-5-10(6-4-9)7-8-11(13)12-2/h3-8H,1-2H3,(H,12,13)/b8-7-. The number of rotatable bonds is 2. The van der Waals surface area contributed by atoms with E-state index in [1.165, 1.54) is 11.6 Å². The Bertz CT molecular complexity index is 311. The zero-order valence-corrected chi connectivity index (χ0v) is 7.87. The summed E-state index contributed by atoms with van der Waals surface area (Å²) in [6.45, 7) is 2.03. The van der Waals surface area contributed by atoms with Crippen LogP contribution in [0, 0.1) is 6.92 Å². The van der Waals surface area contributed by atoms with Gasteiger partial charge in [-0.15, -0.1) is 0 Å². The largest absolute Gasteiger partial charge is 0.356 e. The highest BCUT2D eigenvalue weighted by atomic mass is 16.1. The first-order valence-electron chi connectivity index (χ1n) is 4.19. The predicted molar refractivity (Wildman–Crippen MR) is 54.3 cm³/mol. The lowest BCUT2D eigenvalue weighted by Crippen LogP contribution is -2.13. The Balaban J connectivity index is 2.69. The third-order valence-electron chi connectivity index (χ3n) is 1.75. The second-order valence-corrected chi connectivity index (χ2v) is 2.86. The van der Waals surface area contributed by atoms with E-state index >= 15 is 0 Å². The van der Waals surface area contributed by atoms with Crippen LogP contribution in [0.4, 0.5) is 0 Å². The maximum absolute atomic E-state index is 10.9. The summed E-state index contributed by atoms with van der Waals surface area (Å²) in [6, 6.07) is 8.00. The molecule has 68 valence electrons. The van der Waals surface area contributed by atoms with Crippen LogP contribution in [0.2, 0.25) is 0 Å². The van der Waals surface area contributed by atoms with E-state index in [0.717, 1.165) is 5.56 Å². The third kappa shape index (κ3) is 3.11. The number of benzene rings is 1. The van der Waals surface area contributed by atoms with Crippen molar-refractivity contribution in [2.45, 2.75) is 6.92 Å². The van der Waals surface area contributed by atoms with Gasteiger partial charge in [-0.05, 0) is 18.6 Å². The van der Waals surface area contributed by atoms with Crippen LogP contribution in [-0.4, -0.2) is 13.0 Å². The molecule has 13 heavy (non-hydrogen) atoms. The van der Waals surface area contributed by atoms with Gasteiger partial charge in [0, 0.05) is 13.1 Å². The van der Waals surface area contributed by atoms with Crippen molar-refractivity contribution in [2.24, 2.45) is 0 Å². The van der Waals surface area contributed by atoms with E-state index in [2.05, 4.69) is 5.32 Å². The molecule has 0 bridgehead atoms. The summed E-state index contributed by atoms with van der Waals surface area (Å²) < 4.78 is 0. The molecule has 0 aliphatic rings. The van der Waals surface area contributed by atoms with Gasteiger partial charge in [-0.2, -0.15) is 0 Å². The molecular formula is C11H13NO. The first kappa shape index (κ1) is 9.52. The summed E-state index contributed by atoms with van der Waals surface area (Å²) in [6.07, 6.45) is 3.31. The summed E-state index contributed by atoms with van der Waals surface area (Å²) in [5.41, 5.74) is 2.26. The van der Waals surface area contributed by atoms with E-state index in [1.54, 1.807) is 13.1 Å². The van der Waals surface area contributed by atoms with Gasteiger partial charge in [-0.25, -0.2) is 0 Å². The van der Waals surface area contributed by atoms with Crippen LogP contribution in [0.1, 0.15) is 11.1 Å². The van der Waals surface area contributed by atoms with Gasteiger partial charge in [0.2, 0.25) is 5.91 Å². The minimum atomic E-state index is -0.0828. The van der Waals surface area contributed by atoms with Crippen LogP contribution in [0.3, 0.4) is 0 Å². The summed E-state index contributed by atoms with van der Waals surface area (Å²) in [7, 11) is 1.61. The van der Waals surface area contributed by atoms with E-state index < -0.39 is 0 Å². The minimum Gasteiger partial charge on any atom is -0.356 e. The zero-order valence-electron chi connectivity index (χ0n) is 7.87. The molecule has 0 saturated carbocycles. The van der Waals surface area contributed by atoms with Crippen LogP contribution in [0.25, 0.3) is 6.08 Å². The lowest BCUT2D eigenvalue weighted by Gasteiger charge is -1.94. The second kappa shape index (κ2) is 4.45. The van der Waals surface area contributed by atoms with Gasteiger partial charge in [0.15, 0.2) is 0 Å². The van der Waals surface area contributed by atoms with Crippen molar-refractivity contribution in [2.75, 3.05) is 7.05 Å². The van der Waals surface area contributed by atoms with Crippen LogP contribution in [-0.2, 0) is 4.79 Å². The van der Waals surface area contributed by atoms with Crippen molar-refractivity contribution >= 4 is 12.0 Å². The quantitative estimate of drug-likeness (QED) is 0.682. The molecule has 1 amide bonds. The number of carbonyl (C=O) groups excluding carboxylic acids is 1. The fourth-order valence-electron chi connectivity index (χ4n) is 0.933. The van der Waals surface area contributed by atoms with Crippen molar-refractivity contribution in [1.82, 2.24) is 5.32 Å². The van der Waals surface area contributed by atoms with Crippen LogP contribution < -0.4 is 5.32 Å². The third-order valence-corrected chi connectivity index (χ3v) is 1.75. The predicted octanol–water partition coefficient (Wildman–Crippen LogP) is 1.75. The Hall–Kier alpha value is -1.57. The fraction of sp³-hybridized carbons (Fsp3) is 0.182. The second-order valence-electron chi connectivity index (χ2n) is 2.86. The lowest BCUT2D eigenvalue weighted by atomic mass is 10.1. The topological polar surface area (TPSA) is 29.1 Å². The Morgan fingerprint density at radius 1 is 1.31 bits per heavy atom. The first-order chi connectivity index (χ1) is 6.22. The fourth-order valence-corrected chi connectivity index (χ4v) is 0.933. The van der Waals surface area contributed by atoms with Crippen molar-refractivity contribution < 1.29 is 4.79 Å². The summed E-state index contributed by atoms with van der Waals surface area (Å²) in [5.74, 6) is -0.0828. The van der Waals surface area contributed by atoms with Gasteiger partial charge in [-0.1, -0.05) is 29.8 Å². The summed E-state index contributed by atoms with van der Waals surface area (Å²) >= 11 is 0. The van der Waals surface area contributed by atoms with Crippen molar-refractivity contribution in [1.29, 1.82) is 0 Å². The van der Waals surface area contributed by atoms with E-state index in [9.17, 15) is 4.79 Å². The van der Waals surface area contributed by atoms with Crippen molar-refractivity contribution in [3.05, 3.63) is 41.5 Å². The smallest absolute Gasteiger partial charge is 0.243 e. The highest BCUT2D eigenvalue weighted by Crippen LogP contribution is 2.04. The number of amides is 1. The highest BCUT2D eigenvalue weighted by molar-refractivity contribution is 5.91. The molecule has 2 heteroatoms. The molecule has 1 aromatic carbocycles. The van der Waals surface area contributed by atoms with Crippen molar-refractivity contribution in [3.8, 4) is 0 Å². The molecule has 1 rings (SSSR count). The summed E-state index contributed by atoms with van der Waals surface area (Å²) in [5, 5.41) is 2.52. The van der Waals surface area contributed by atoms with Gasteiger partial charge in [0.05, 0.1) is 0 Å². The number of carbonyl (C=O) groups is 1. The number of hydrogen-bond donors (Lipinski definition) is 1. The molecule has 0 unspecified atom stereocenters. The van der Waals surface area contributed by atoms with Gasteiger partial charge in [0.1, 0.15) is 0 Å². The number of aryl methyl sites for hydroxylation is 1. The average Bonchev–Trinajstić information content (AvgIpc) is 2.16. The van der Waals surface area contributed by atoms with E-state index in [0.29, 0.717) is 0 Å². The normalized spacial score (nSPS) is 10.3. The van der Waals surface area contributed by atoms with E-state index in [-0.39, 0.29) is 5.91 Å². The molecule has 0 heterocycles. The molecule has 0 spiro atoms. The zero-order chi connectivity index (χ0) is 9.68. The monoisotopic (exact) mass is 175 g/mol. The van der Waals surface area contributed by atoms with Crippen LogP contribution >= 0.6 is 0 Å². The maximum atomic E-state index is 10.9. The molecule has 0 radical (unpaired) electrons. The molecule has 0 aliphatic carbocycles. The number of hydrogen-bond acceptors (Lipinski definition) is 1. The Morgan fingerprint density at radius 3 is 2.46 bits per heavy atom. The lowest BCUT2D eigenvalue weighted by molar-refractivity contribution is -0.115. The first-order valence-corrected chi connectivity index (χ1v) is 4.19. The maximum Gasteiger partial charge on any atom is 0.243 e. The molecule has 1 N–H and O–H groups in total. The number of likely N-dealkylation sites (N-methyl/N-ethyl adjacent to an activating group) is 1. The van der Waals surface area contributed by atoms with Gasteiger partial charge in [-0.3, -0.25) is 4.79 Å². The SMILES string of the molecule is CNC(=O)/C=C\c1ccc(C)cc1. The summed E-state index contributed by atoms with van der Waals surface area (Å²) in [4.78, 5) is 10.9. The molecule has 0 aliphatic heterocycles. The van der Waals surface area contributed by atoms with Gasteiger partial charge in [0.25, 0.3) is 0 Å². The molecule has 2 nitrogen and oxygen atoms in total. The van der Waals surface area contributed by atoms with Crippen LogP contribution in [0.5, 0.6) is 0 Å².